The smallest absolute Gasteiger partial charge is 0.227 e. The number of nitrogens with zero attached hydrogens (tertiary/aromatic N) is 4. The summed E-state index contributed by atoms with van der Waals surface area (Å²) in [6.07, 6.45) is 0.938. The fourth-order valence-electron chi connectivity index (χ4n) is 3.44. The van der Waals surface area contributed by atoms with Crippen LogP contribution in [0.5, 0.6) is 11.5 Å². The molecule has 6 nitrogen and oxygen atoms in total. The predicted molar refractivity (Wildman–Crippen MR) is 105 cm³/mol. The van der Waals surface area contributed by atoms with Crippen LogP contribution in [0.2, 0.25) is 0 Å². The largest absolute Gasteiger partial charge is 0.493 e. The first-order valence-electron chi connectivity index (χ1n) is 9.18. The Kier molecular flexibility index (Phi) is 5.49. The van der Waals surface area contributed by atoms with E-state index in [-0.39, 0.29) is 0 Å². The van der Waals surface area contributed by atoms with Crippen molar-refractivity contribution in [2.75, 3.05) is 43.7 Å². The van der Waals surface area contributed by atoms with E-state index in [1.807, 2.05) is 6.92 Å². The zero-order chi connectivity index (χ0) is 18.7. The number of ether oxygens (including phenoxy) is 2. The standard InChI is InChI=1S/C20H28N4O2/c1-6-23(7-2)19-10-14(3)21-20(22-19)24-9-8-15-11-17(25-4)18(26-5)12-16(15)13-24/h10-12H,6-9,13H2,1-5H3. The van der Waals surface area contributed by atoms with E-state index in [1.165, 1.54) is 11.1 Å². The number of hydrogen-bond acceptors (Lipinski definition) is 6. The Morgan fingerprint density at radius 1 is 1.00 bits per heavy atom. The molecule has 2 aromatic rings. The van der Waals surface area contributed by atoms with Crippen molar-refractivity contribution in [1.82, 2.24) is 9.97 Å². The molecule has 1 aliphatic rings. The predicted octanol–water partition coefficient (Wildman–Crippen LogP) is 3.21. The molecule has 0 unspecified atom stereocenters. The van der Waals surface area contributed by atoms with Crippen LogP contribution in [0.15, 0.2) is 18.2 Å². The number of benzene rings is 1. The van der Waals surface area contributed by atoms with Crippen LogP contribution in [0.4, 0.5) is 11.8 Å². The number of methoxy groups -OCH3 is 2. The van der Waals surface area contributed by atoms with Crippen molar-refractivity contribution >= 4 is 11.8 Å². The van der Waals surface area contributed by atoms with Gasteiger partial charge in [-0.3, -0.25) is 0 Å². The molecule has 0 saturated carbocycles. The van der Waals surface area contributed by atoms with Gasteiger partial charge in [-0.15, -0.1) is 0 Å². The van der Waals surface area contributed by atoms with E-state index in [4.69, 9.17) is 14.5 Å². The molecule has 0 fully saturated rings. The van der Waals surface area contributed by atoms with Crippen LogP contribution in [0.1, 0.15) is 30.7 Å². The lowest BCUT2D eigenvalue weighted by Crippen LogP contribution is -2.33. The first kappa shape index (κ1) is 18.3. The quantitative estimate of drug-likeness (QED) is 0.792. The van der Waals surface area contributed by atoms with Crippen molar-refractivity contribution in [2.24, 2.45) is 0 Å². The summed E-state index contributed by atoms with van der Waals surface area (Å²) in [5.41, 5.74) is 3.54. The summed E-state index contributed by atoms with van der Waals surface area (Å²) in [5.74, 6) is 3.35. The highest BCUT2D eigenvalue weighted by Crippen LogP contribution is 2.34. The second kappa shape index (κ2) is 7.81. The highest BCUT2D eigenvalue weighted by molar-refractivity contribution is 5.52. The lowest BCUT2D eigenvalue weighted by molar-refractivity contribution is 0.353. The molecule has 1 aliphatic heterocycles. The second-order valence-electron chi connectivity index (χ2n) is 6.49. The van der Waals surface area contributed by atoms with Crippen LogP contribution < -0.4 is 19.3 Å². The maximum absolute atomic E-state index is 5.46. The molecule has 3 rings (SSSR count). The molecule has 2 heterocycles. The average molecular weight is 356 g/mol. The van der Waals surface area contributed by atoms with Gasteiger partial charge in [0.25, 0.3) is 0 Å². The summed E-state index contributed by atoms with van der Waals surface area (Å²) in [6.45, 7) is 9.87. The molecular formula is C20H28N4O2. The Morgan fingerprint density at radius 3 is 2.27 bits per heavy atom. The number of hydrogen-bond donors (Lipinski definition) is 0. The van der Waals surface area contributed by atoms with Gasteiger partial charge in [0.15, 0.2) is 11.5 Å². The normalized spacial score (nSPS) is 13.3. The number of rotatable bonds is 6. The molecule has 0 bridgehead atoms. The Balaban J connectivity index is 1.91. The first-order valence-corrected chi connectivity index (χ1v) is 9.18. The molecular weight excluding hydrogens is 328 g/mol. The third-order valence-corrected chi connectivity index (χ3v) is 4.92. The molecule has 0 N–H and O–H groups in total. The van der Waals surface area contributed by atoms with Crippen molar-refractivity contribution in [3.8, 4) is 11.5 Å². The van der Waals surface area contributed by atoms with Crippen molar-refractivity contribution in [1.29, 1.82) is 0 Å². The third-order valence-electron chi connectivity index (χ3n) is 4.92. The highest BCUT2D eigenvalue weighted by atomic mass is 16.5. The average Bonchev–Trinajstić information content (AvgIpc) is 2.67. The van der Waals surface area contributed by atoms with Crippen molar-refractivity contribution in [3.63, 3.8) is 0 Å². The van der Waals surface area contributed by atoms with Crippen LogP contribution in [-0.4, -0.2) is 43.8 Å². The van der Waals surface area contributed by atoms with Gasteiger partial charge in [0.2, 0.25) is 5.95 Å². The molecule has 0 spiro atoms. The van der Waals surface area contributed by atoms with Crippen molar-refractivity contribution < 1.29 is 9.47 Å². The van der Waals surface area contributed by atoms with Gasteiger partial charge >= 0.3 is 0 Å². The zero-order valence-corrected chi connectivity index (χ0v) is 16.4. The van der Waals surface area contributed by atoms with Crippen LogP contribution in [-0.2, 0) is 13.0 Å². The molecule has 0 radical (unpaired) electrons. The van der Waals surface area contributed by atoms with Gasteiger partial charge in [0.05, 0.1) is 14.2 Å². The molecule has 6 heteroatoms. The minimum Gasteiger partial charge on any atom is -0.493 e. The number of aromatic nitrogens is 2. The Labute approximate surface area is 155 Å². The highest BCUT2D eigenvalue weighted by Gasteiger charge is 2.22. The maximum atomic E-state index is 5.46. The molecule has 140 valence electrons. The van der Waals surface area contributed by atoms with Crippen LogP contribution in [0, 0.1) is 6.92 Å². The van der Waals surface area contributed by atoms with Gasteiger partial charge in [-0.2, -0.15) is 4.98 Å². The molecule has 1 aromatic heterocycles. The lowest BCUT2D eigenvalue weighted by atomic mass is 9.99. The Hall–Kier alpha value is -2.50. The fraction of sp³-hybridized carbons (Fsp3) is 0.500. The topological polar surface area (TPSA) is 50.7 Å². The molecule has 0 amide bonds. The van der Waals surface area contributed by atoms with Crippen molar-refractivity contribution in [3.05, 3.63) is 35.0 Å². The fourth-order valence-corrected chi connectivity index (χ4v) is 3.44. The number of anilines is 2. The number of aryl methyl sites for hydroxylation is 1. The van der Waals surface area contributed by atoms with E-state index >= 15 is 0 Å². The molecule has 1 aromatic carbocycles. The summed E-state index contributed by atoms with van der Waals surface area (Å²) < 4.78 is 10.9. The maximum Gasteiger partial charge on any atom is 0.227 e. The van der Waals surface area contributed by atoms with Gasteiger partial charge < -0.3 is 19.3 Å². The molecule has 0 atom stereocenters. The molecule has 0 aliphatic carbocycles. The van der Waals surface area contributed by atoms with E-state index in [1.54, 1.807) is 14.2 Å². The summed E-state index contributed by atoms with van der Waals surface area (Å²) >= 11 is 0. The van der Waals surface area contributed by atoms with E-state index in [2.05, 4.69) is 46.8 Å². The first-order chi connectivity index (χ1) is 12.6. The van der Waals surface area contributed by atoms with Gasteiger partial charge in [-0.1, -0.05) is 0 Å². The SMILES string of the molecule is CCN(CC)c1cc(C)nc(N2CCc3cc(OC)c(OC)cc3C2)n1. The third kappa shape index (κ3) is 3.54. The van der Waals surface area contributed by atoms with Crippen LogP contribution in [0.25, 0.3) is 0 Å². The van der Waals surface area contributed by atoms with Crippen LogP contribution in [0.3, 0.4) is 0 Å². The van der Waals surface area contributed by atoms with Gasteiger partial charge in [0.1, 0.15) is 5.82 Å². The van der Waals surface area contributed by atoms with E-state index in [9.17, 15) is 0 Å². The zero-order valence-electron chi connectivity index (χ0n) is 16.4. The van der Waals surface area contributed by atoms with Gasteiger partial charge in [-0.05, 0) is 50.5 Å². The number of fused-ring (bicyclic) bond motifs is 1. The Bertz CT molecular complexity index is 775. The summed E-state index contributed by atoms with van der Waals surface area (Å²) in [6, 6.07) is 6.22. The minimum atomic E-state index is 0.766. The van der Waals surface area contributed by atoms with Gasteiger partial charge in [0, 0.05) is 37.9 Å². The second-order valence-corrected chi connectivity index (χ2v) is 6.49. The summed E-state index contributed by atoms with van der Waals surface area (Å²) in [7, 11) is 3.35. The lowest BCUT2D eigenvalue weighted by Gasteiger charge is -2.30. The van der Waals surface area contributed by atoms with Crippen molar-refractivity contribution in [2.45, 2.75) is 33.7 Å². The van der Waals surface area contributed by atoms with E-state index < -0.39 is 0 Å². The molecule has 26 heavy (non-hydrogen) atoms. The monoisotopic (exact) mass is 356 g/mol. The minimum absolute atomic E-state index is 0.766. The van der Waals surface area contributed by atoms with Gasteiger partial charge in [-0.25, -0.2) is 4.98 Å². The molecule has 0 saturated heterocycles. The summed E-state index contributed by atoms with van der Waals surface area (Å²) in [4.78, 5) is 14.0. The van der Waals surface area contributed by atoms with E-state index in [0.717, 1.165) is 61.6 Å². The van der Waals surface area contributed by atoms with Crippen LogP contribution >= 0.6 is 0 Å². The van der Waals surface area contributed by atoms with E-state index in [0.29, 0.717) is 0 Å². The summed E-state index contributed by atoms with van der Waals surface area (Å²) in [5, 5.41) is 0. The Morgan fingerprint density at radius 2 is 1.65 bits per heavy atom.